The molecule has 0 N–H and O–H groups in total. The van der Waals surface area contributed by atoms with Gasteiger partial charge in [0.25, 0.3) is 0 Å². The largest absolute Gasteiger partial charge is 0.376 e. The predicted octanol–water partition coefficient (Wildman–Crippen LogP) is 4.00. The molecule has 7 nitrogen and oxygen atoms in total. The summed E-state index contributed by atoms with van der Waals surface area (Å²) >= 11 is 1.65. The second kappa shape index (κ2) is 8.81. The fraction of sp³-hybridized carbons (Fsp3) is 0.273. The fourth-order valence-corrected chi connectivity index (χ4v) is 4.57. The van der Waals surface area contributed by atoms with Crippen LogP contribution in [0, 0.1) is 0 Å². The number of rotatable bonds is 7. The molecule has 0 saturated carbocycles. The van der Waals surface area contributed by atoms with Crippen molar-refractivity contribution >= 4 is 11.8 Å². The molecule has 30 heavy (non-hydrogen) atoms. The molecule has 1 aliphatic rings. The fourth-order valence-electron chi connectivity index (χ4n) is 3.68. The molecule has 0 amide bonds. The van der Waals surface area contributed by atoms with Gasteiger partial charge in [-0.3, -0.25) is 0 Å². The van der Waals surface area contributed by atoms with Gasteiger partial charge in [0.1, 0.15) is 0 Å². The first kappa shape index (κ1) is 19.0. The highest BCUT2D eigenvalue weighted by Crippen LogP contribution is 2.29. The first-order chi connectivity index (χ1) is 14.9. The van der Waals surface area contributed by atoms with Gasteiger partial charge in [-0.25, -0.2) is 4.98 Å². The molecule has 2 aromatic heterocycles. The van der Waals surface area contributed by atoms with Gasteiger partial charge >= 0.3 is 0 Å². The van der Waals surface area contributed by atoms with Crippen LogP contribution in [0.2, 0.25) is 0 Å². The third kappa shape index (κ3) is 4.01. The zero-order valence-corrected chi connectivity index (χ0v) is 17.3. The van der Waals surface area contributed by atoms with Crippen LogP contribution in [-0.4, -0.2) is 42.5 Å². The number of hydrogen-bond donors (Lipinski definition) is 0. The van der Waals surface area contributed by atoms with Crippen LogP contribution in [0.25, 0.3) is 16.9 Å². The molecule has 1 fully saturated rings. The summed E-state index contributed by atoms with van der Waals surface area (Å²) in [7, 11) is 0. The lowest BCUT2D eigenvalue weighted by atomic mass is 10.1. The minimum absolute atomic E-state index is 0.232. The Bertz CT molecular complexity index is 1090. The number of para-hydroxylation sites is 1. The van der Waals surface area contributed by atoms with Crippen molar-refractivity contribution in [1.29, 1.82) is 0 Å². The maximum Gasteiger partial charge on any atom is 0.168 e. The summed E-state index contributed by atoms with van der Waals surface area (Å²) in [5.74, 6) is 1.41. The predicted molar refractivity (Wildman–Crippen MR) is 115 cm³/mol. The number of imidazole rings is 1. The van der Waals surface area contributed by atoms with Gasteiger partial charge < -0.3 is 9.30 Å². The quantitative estimate of drug-likeness (QED) is 0.423. The lowest BCUT2D eigenvalue weighted by Crippen LogP contribution is -2.16. The number of hydrogen-bond acceptors (Lipinski definition) is 6. The Labute approximate surface area is 179 Å². The van der Waals surface area contributed by atoms with E-state index in [1.54, 1.807) is 16.4 Å². The summed E-state index contributed by atoms with van der Waals surface area (Å²) in [6.45, 7) is 1.64. The minimum atomic E-state index is 0.232. The second-order valence-electron chi connectivity index (χ2n) is 7.17. The molecule has 1 atom stereocenters. The average molecular weight is 419 g/mol. The number of ether oxygens (including phenoxy) is 1. The third-order valence-electron chi connectivity index (χ3n) is 5.16. The van der Waals surface area contributed by atoms with Gasteiger partial charge in [-0.2, -0.15) is 4.68 Å². The van der Waals surface area contributed by atoms with Crippen LogP contribution in [-0.2, 0) is 17.0 Å². The third-order valence-corrected chi connectivity index (χ3v) is 6.15. The van der Waals surface area contributed by atoms with Crippen molar-refractivity contribution in [2.24, 2.45) is 0 Å². The van der Waals surface area contributed by atoms with Gasteiger partial charge in [0.2, 0.25) is 0 Å². The maximum absolute atomic E-state index is 5.91. The summed E-state index contributed by atoms with van der Waals surface area (Å²) in [6.07, 6.45) is 4.39. The van der Waals surface area contributed by atoms with E-state index in [1.807, 2.05) is 42.6 Å². The van der Waals surface area contributed by atoms with Gasteiger partial charge in [0.05, 0.1) is 36.0 Å². The Hall–Kier alpha value is -2.97. The molecule has 8 heteroatoms. The number of benzene rings is 2. The van der Waals surface area contributed by atoms with Gasteiger partial charge in [-0.1, -0.05) is 60.3 Å². The topological polar surface area (TPSA) is 70.7 Å². The molecule has 5 rings (SSSR count). The molecular formula is C22H22N6OS. The molecule has 152 valence electrons. The molecule has 0 radical (unpaired) electrons. The Morgan fingerprint density at radius 3 is 2.60 bits per heavy atom. The van der Waals surface area contributed by atoms with Crippen LogP contribution in [0.5, 0.6) is 0 Å². The van der Waals surface area contributed by atoms with Crippen LogP contribution >= 0.6 is 11.8 Å². The van der Waals surface area contributed by atoms with Crippen molar-refractivity contribution in [3.05, 3.63) is 72.7 Å². The lowest BCUT2D eigenvalue weighted by molar-refractivity contribution is 0.0954. The van der Waals surface area contributed by atoms with E-state index in [-0.39, 0.29) is 6.10 Å². The number of aromatic nitrogens is 6. The zero-order chi connectivity index (χ0) is 20.2. The highest BCUT2D eigenvalue weighted by atomic mass is 32.2. The van der Waals surface area contributed by atoms with Crippen LogP contribution < -0.4 is 0 Å². The van der Waals surface area contributed by atoms with E-state index in [4.69, 9.17) is 9.72 Å². The highest BCUT2D eigenvalue weighted by molar-refractivity contribution is 7.98. The van der Waals surface area contributed by atoms with Gasteiger partial charge in [0, 0.05) is 6.61 Å². The van der Waals surface area contributed by atoms with Crippen LogP contribution in [0.4, 0.5) is 0 Å². The van der Waals surface area contributed by atoms with Crippen molar-refractivity contribution < 1.29 is 4.74 Å². The molecule has 0 aliphatic carbocycles. The van der Waals surface area contributed by atoms with Crippen LogP contribution in [0.3, 0.4) is 0 Å². The van der Waals surface area contributed by atoms with Crippen LogP contribution in [0.1, 0.15) is 18.7 Å². The normalized spacial score (nSPS) is 16.2. The first-order valence-electron chi connectivity index (χ1n) is 10.1. The first-order valence-corrected chi connectivity index (χ1v) is 11.0. The average Bonchev–Trinajstić information content (AvgIpc) is 3.55. The van der Waals surface area contributed by atoms with E-state index in [1.165, 1.54) is 0 Å². The summed E-state index contributed by atoms with van der Waals surface area (Å²) in [5, 5.41) is 13.2. The minimum Gasteiger partial charge on any atom is -0.376 e. The summed E-state index contributed by atoms with van der Waals surface area (Å²) in [4.78, 5) is 4.73. The monoisotopic (exact) mass is 418 g/mol. The van der Waals surface area contributed by atoms with Crippen molar-refractivity contribution in [3.8, 4) is 16.9 Å². The number of thioether (sulfide) groups is 1. The molecule has 4 aromatic rings. The lowest BCUT2D eigenvalue weighted by Gasteiger charge is -2.16. The summed E-state index contributed by atoms with van der Waals surface area (Å²) < 4.78 is 9.95. The Balaban J connectivity index is 1.41. The molecule has 3 heterocycles. The SMILES string of the molecule is c1ccc(-c2cnc(SCc3nnnn3-c3ccccc3)n2CC2CCCO2)cc1. The van der Waals surface area contributed by atoms with E-state index in [0.29, 0.717) is 5.75 Å². The van der Waals surface area contributed by atoms with Crippen molar-refractivity contribution in [2.75, 3.05) is 6.61 Å². The second-order valence-corrected chi connectivity index (χ2v) is 8.11. The van der Waals surface area contributed by atoms with Crippen LogP contribution in [0.15, 0.2) is 72.0 Å². The van der Waals surface area contributed by atoms with E-state index in [9.17, 15) is 0 Å². The van der Waals surface area contributed by atoms with E-state index in [0.717, 1.165) is 53.9 Å². The zero-order valence-electron chi connectivity index (χ0n) is 16.5. The number of nitrogens with zero attached hydrogens (tertiary/aromatic N) is 6. The molecule has 0 bridgehead atoms. The maximum atomic E-state index is 5.91. The molecule has 1 aliphatic heterocycles. The molecule has 1 saturated heterocycles. The Kier molecular flexibility index (Phi) is 5.58. The van der Waals surface area contributed by atoms with E-state index < -0.39 is 0 Å². The summed E-state index contributed by atoms with van der Waals surface area (Å²) in [5.41, 5.74) is 3.21. The summed E-state index contributed by atoms with van der Waals surface area (Å²) in [6, 6.07) is 20.3. The number of tetrazole rings is 1. The van der Waals surface area contributed by atoms with Crippen molar-refractivity contribution in [3.63, 3.8) is 0 Å². The highest BCUT2D eigenvalue weighted by Gasteiger charge is 2.21. The van der Waals surface area contributed by atoms with Crippen molar-refractivity contribution in [2.45, 2.75) is 36.4 Å². The Morgan fingerprint density at radius 1 is 1.03 bits per heavy atom. The smallest absolute Gasteiger partial charge is 0.168 e. The molecular weight excluding hydrogens is 396 g/mol. The van der Waals surface area contributed by atoms with Crippen molar-refractivity contribution in [1.82, 2.24) is 29.8 Å². The van der Waals surface area contributed by atoms with E-state index >= 15 is 0 Å². The standard InChI is InChI=1S/C22H22N6OS/c1-3-8-17(9-4-1)20-14-23-22(27(20)15-19-12-7-13-29-19)30-16-21-24-25-26-28(21)18-10-5-2-6-11-18/h1-6,8-11,14,19H,7,12-13,15-16H2. The Morgan fingerprint density at radius 2 is 1.83 bits per heavy atom. The molecule has 0 spiro atoms. The van der Waals surface area contributed by atoms with Gasteiger partial charge in [0.15, 0.2) is 11.0 Å². The van der Waals surface area contributed by atoms with Gasteiger partial charge in [-0.05, 0) is 41.0 Å². The van der Waals surface area contributed by atoms with Gasteiger partial charge in [-0.15, -0.1) is 5.10 Å². The molecule has 2 aromatic carbocycles. The van der Waals surface area contributed by atoms with E-state index in [2.05, 4.69) is 44.4 Å². The molecule has 1 unspecified atom stereocenters.